The van der Waals surface area contributed by atoms with E-state index < -0.39 is 0 Å². The van der Waals surface area contributed by atoms with E-state index in [-0.39, 0.29) is 5.91 Å². The SMILES string of the molecule is Cc1[nH]c2ccccc2c1CCNC(=O)c1c(Cl)cccc1Cl. The fourth-order valence-electron chi connectivity index (χ4n) is 2.76. The van der Waals surface area contributed by atoms with Crippen LogP contribution in [0.1, 0.15) is 21.6 Å². The first kappa shape index (κ1) is 15.9. The molecule has 1 aromatic heterocycles. The number of aromatic amines is 1. The third-order valence-electron chi connectivity index (χ3n) is 3.88. The molecule has 5 heteroatoms. The van der Waals surface area contributed by atoms with Crippen LogP contribution in [-0.2, 0) is 6.42 Å². The zero-order chi connectivity index (χ0) is 16.4. The number of para-hydroxylation sites is 1. The predicted octanol–water partition coefficient (Wildman–Crippen LogP) is 4.76. The van der Waals surface area contributed by atoms with Crippen LogP contribution in [0.2, 0.25) is 10.0 Å². The second kappa shape index (κ2) is 6.65. The van der Waals surface area contributed by atoms with Gasteiger partial charge in [-0.05, 0) is 37.1 Å². The number of carbonyl (C=O) groups excluding carboxylic acids is 1. The van der Waals surface area contributed by atoms with Crippen molar-refractivity contribution in [3.05, 3.63) is 69.3 Å². The van der Waals surface area contributed by atoms with E-state index >= 15 is 0 Å². The Hall–Kier alpha value is -1.97. The maximum Gasteiger partial charge on any atom is 0.254 e. The highest BCUT2D eigenvalue weighted by molar-refractivity contribution is 6.39. The van der Waals surface area contributed by atoms with Crippen LogP contribution < -0.4 is 5.32 Å². The lowest BCUT2D eigenvalue weighted by atomic mass is 10.1. The van der Waals surface area contributed by atoms with Gasteiger partial charge in [-0.3, -0.25) is 4.79 Å². The van der Waals surface area contributed by atoms with Gasteiger partial charge in [0.25, 0.3) is 5.91 Å². The summed E-state index contributed by atoms with van der Waals surface area (Å²) in [6.07, 6.45) is 0.740. The van der Waals surface area contributed by atoms with Crippen LogP contribution >= 0.6 is 23.2 Å². The average Bonchev–Trinajstić information content (AvgIpc) is 2.83. The first-order valence-electron chi connectivity index (χ1n) is 7.36. The van der Waals surface area contributed by atoms with E-state index in [1.807, 2.05) is 25.1 Å². The van der Waals surface area contributed by atoms with Crippen LogP contribution in [0.5, 0.6) is 0 Å². The molecule has 0 spiro atoms. The molecule has 0 bridgehead atoms. The van der Waals surface area contributed by atoms with Crippen LogP contribution in [0.4, 0.5) is 0 Å². The lowest BCUT2D eigenvalue weighted by Crippen LogP contribution is -2.26. The third-order valence-corrected chi connectivity index (χ3v) is 4.51. The molecule has 0 aliphatic heterocycles. The first-order chi connectivity index (χ1) is 11.1. The van der Waals surface area contributed by atoms with Crippen molar-refractivity contribution >= 4 is 40.0 Å². The number of hydrogen-bond donors (Lipinski definition) is 2. The van der Waals surface area contributed by atoms with Crippen LogP contribution in [0.15, 0.2) is 42.5 Å². The standard InChI is InChI=1S/C18H16Cl2N2O/c1-11-12(13-5-2-3-8-16(13)22-11)9-10-21-18(23)17-14(19)6-4-7-15(17)20/h2-8,22H,9-10H2,1H3,(H,21,23). The minimum absolute atomic E-state index is 0.252. The summed E-state index contributed by atoms with van der Waals surface area (Å²) in [5.74, 6) is -0.252. The molecule has 118 valence electrons. The lowest BCUT2D eigenvalue weighted by Gasteiger charge is -2.08. The van der Waals surface area contributed by atoms with E-state index in [2.05, 4.69) is 16.4 Å². The molecule has 2 N–H and O–H groups in total. The molecule has 3 rings (SSSR count). The molecule has 0 aliphatic rings. The highest BCUT2D eigenvalue weighted by Gasteiger charge is 2.14. The zero-order valence-electron chi connectivity index (χ0n) is 12.6. The van der Waals surface area contributed by atoms with Gasteiger partial charge >= 0.3 is 0 Å². The number of benzene rings is 2. The smallest absolute Gasteiger partial charge is 0.254 e. The largest absolute Gasteiger partial charge is 0.358 e. The summed E-state index contributed by atoms with van der Waals surface area (Å²) in [6.45, 7) is 2.56. The molecule has 0 fully saturated rings. The van der Waals surface area contributed by atoms with Crippen molar-refractivity contribution in [1.29, 1.82) is 0 Å². The van der Waals surface area contributed by atoms with Crippen LogP contribution in [0, 0.1) is 6.92 Å². The fourth-order valence-corrected chi connectivity index (χ4v) is 3.33. The Bertz CT molecular complexity index is 850. The van der Waals surface area contributed by atoms with E-state index in [0.717, 1.165) is 17.6 Å². The maximum absolute atomic E-state index is 12.3. The van der Waals surface area contributed by atoms with Gasteiger partial charge in [-0.25, -0.2) is 0 Å². The first-order valence-corrected chi connectivity index (χ1v) is 8.12. The van der Waals surface area contributed by atoms with Gasteiger partial charge in [-0.2, -0.15) is 0 Å². The van der Waals surface area contributed by atoms with Crippen molar-refractivity contribution < 1.29 is 4.79 Å². The van der Waals surface area contributed by atoms with E-state index in [9.17, 15) is 4.79 Å². The normalized spacial score (nSPS) is 10.9. The molecular formula is C18H16Cl2N2O. The summed E-state index contributed by atoms with van der Waals surface area (Å²) >= 11 is 12.1. The quantitative estimate of drug-likeness (QED) is 0.702. The zero-order valence-corrected chi connectivity index (χ0v) is 14.1. The van der Waals surface area contributed by atoms with Crippen LogP contribution in [0.3, 0.4) is 0 Å². The lowest BCUT2D eigenvalue weighted by molar-refractivity contribution is 0.0954. The topological polar surface area (TPSA) is 44.9 Å². The summed E-state index contributed by atoms with van der Waals surface area (Å²) in [7, 11) is 0. The predicted molar refractivity (Wildman–Crippen MR) is 95.5 cm³/mol. The Kier molecular flexibility index (Phi) is 4.60. The van der Waals surface area contributed by atoms with Gasteiger partial charge in [-0.15, -0.1) is 0 Å². The van der Waals surface area contributed by atoms with E-state index in [4.69, 9.17) is 23.2 Å². The Morgan fingerprint density at radius 2 is 1.78 bits per heavy atom. The molecule has 0 saturated heterocycles. The van der Waals surface area contributed by atoms with E-state index in [1.54, 1.807) is 18.2 Å². The van der Waals surface area contributed by atoms with Crippen LogP contribution in [-0.4, -0.2) is 17.4 Å². The van der Waals surface area contributed by atoms with Gasteiger partial charge in [0, 0.05) is 23.1 Å². The van der Waals surface area contributed by atoms with E-state index in [1.165, 1.54) is 10.9 Å². The fraction of sp³-hybridized carbons (Fsp3) is 0.167. The highest BCUT2D eigenvalue weighted by atomic mass is 35.5. The second-order valence-corrected chi connectivity index (χ2v) is 6.19. The maximum atomic E-state index is 12.3. The van der Waals surface area contributed by atoms with Crippen molar-refractivity contribution in [3.8, 4) is 0 Å². The average molecular weight is 347 g/mol. The monoisotopic (exact) mass is 346 g/mol. The molecule has 0 radical (unpaired) electrons. The highest BCUT2D eigenvalue weighted by Crippen LogP contribution is 2.24. The Balaban J connectivity index is 1.72. The number of rotatable bonds is 4. The minimum atomic E-state index is -0.252. The number of hydrogen-bond acceptors (Lipinski definition) is 1. The van der Waals surface area contributed by atoms with Crippen molar-refractivity contribution in [1.82, 2.24) is 10.3 Å². The summed E-state index contributed by atoms with van der Waals surface area (Å²) in [5, 5.41) is 4.80. The molecular weight excluding hydrogens is 331 g/mol. The van der Waals surface area contributed by atoms with E-state index in [0.29, 0.717) is 22.2 Å². The molecule has 1 amide bonds. The summed E-state index contributed by atoms with van der Waals surface area (Å²) < 4.78 is 0. The summed E-state index contributed by atoms with van der Waals surface area (Å²) in [5.41, 5.74) is 3.77. The molecule has 0 saturated carbocycles. The van der Waals surface area contributed by atoms with Gasteiger partial charge in [0.15, 0.2) is 0 Å². The number of amides is 1. The van der Waals surface area contributed by atoms with Gasteiger partial charge in [0.2, 0.25) is 0 Å². The minimum Gasteiger partial charge on any atom is -0.358 e. The molecule has 3 nitrogen and oxygen atoms in total. The molecule has 23 heavy (non-hydrogen) atoms. The molecule has 0 aliphatic carbocycles. The molecule has 3 aromatic rings. The van der Waals surface area contributed by atoms with Gasteiger partial charge in [0.05, 0.1) is 15.6 Å². The number of H-pyrrole nitrogens is 1. The van der Waals surface area contributed by atoms with Crippen molar-refractivity contribution in [3.63, 3.8) is 0 Å². The van der Waals surface area contributed by atoms with Crippen LogP contribution in [0.25, 0.3) is 10.9 Å². The Morgan fingerprint density at radius 1 is 1.09 bits per heavy atom. The van der Waals surface area contributed by atoms with Gasteiger partial charge < -0.3 is 10.3 Å². The number of aryl methyl sites for hydroxylation is 1. The van der Waals surface area contributed by atoms with Gasteiger partial charge in [0.1, 0.15) is 0 Å². The van der Waals surface area contributed by atoms with Crippen molar-refractivity contribution in [2.45, 2.75) is 13.3 Å². The number of nitrogens with one attached hydrogen (secondary N) is 2. The molecule has 0 unspecified atom stereocenters. The van der Waals surface area contributed by atoms with Crippen molar-refractivity contribution in [2.24, 2.45) is 0 Å². The summed E-state index contributed by atoms with van der Waals surface area (Å²) in [4.78, 5) is 15.6. The molecule has 0 atom stereocenters. The van der Waals surface area contributed by atoms with Crippen molar-refractivity contribution in [2.75, 3.05) is 6.54 Å². The number of carbonyl (C=O) groups is 1. The summed E-state index contributed by atoms with van der Waals surface area (Å²) in [6, 6.07) is 13.2. The number of fused-ring (bicyclic) bond motifs is 1. The third kappa shape index (κ3) is 3.21. The van der Waals surface area contributed by atoms with Gasteiger partial charge in [-0.1, -0.05) is 47.5 Å². The second-order valence-electron chi connectivity index (χ2n) is 5.38. The molecule has 2 aromatic carbocycles. The molecule has 1 heterocycles. The Morgan fingerprint density at radius 3 is 2.52 bits per heavy atom. The number of aromatic nitrogens is 1. The number of halogens is 2. The Labute approximate surface area is 144 Å².